The number of hydrogen-bond acceptors (Lipinski definition) is 5. The number of nitrogens with one attached hydrogen (secondary N) is 1. The molecule has 0 spiro atoms. The zero-order chi connectivity index (χ0) is 19.1. The Kier molecular flexibility index (Phi) is 6.44. The molecule has 1 amide bonds. The van der Waals surface area contributed by atoms with Gasteiger partial charge in [-0.05, 0) is 48.4 Å². The van der Waals surface area contributed by atoms with Crippen molar-refractivity contribution in [3.63, 3.8) is 0 Å². The van der Waals surface area contributed by atoms with Crippen LogP contribution in [-0.2, 0) is 17.8 Å². The molecule has 1 N–H and O–H groups in total. The summed E-state index contributed by atoms with van der Waals surface area (Å²) in [7, 11) is 1.62. The van der Waals surface area contributed by atoms with Crippen LogP contribution in [0.2, 0.25) is 5.02 Å². The Morgan fingerprint density at radius 1 is 1.15 bits per heavy atom. The zero-order valence-corrected chi connectivity index (χ0v) is 15.7. The standard InChI is InChI=1S/C20H20ClN3O3/c1-26-17-11-7-15(8-12-17)20-23-19(27-24-20)4-2-3-18(25)22-13-14-5-9-16(21)10-6-14/h5-12H,2-4,13H2,1H3,(H,22,25). The van der Waals surface area contributed by atoms with E-state index in [1.165, 1.54) is 0 Å². The highest BCUT2D eigenvalue weighted by Crippen LogP contribution is 2.20. The average molecular weight is 386 g/mol. The second kappa shape index (κ2) is 9.19. The average Bonchev–Trinajstić information content (AvgIpc) is 3.16. The molecule has 1 aromatic heterocycles. The Morgan fingerprint density at radius 2 is 1.89 bits per heavy atom. The number of rotatable bonds is 8. The van der Waals surface area contributed by atoms with E-state index in [-0.39, 0.29) is 5.91 Å². The molecular weight excluding hydrogens is 366 g/mol. The minimum absolute atomic E-state index is 0.0140. The number of aromatic nitrogens is 2. The Morgan fingerprint density at radius 3 is 2.59 bits per heavy atom. The summed E-state index contributed by atoms with van der Waals surface area (Å²) in [6.07, 6.45) is 1.59. The molecule has 0 aliphatic heterocycles. The second-order valence-electron chi connectivity index (χ2n) is 6.00. The summed E-state index contributed by atoms with van der Waals surface area (Å²) >= 11 is 5.84. The molecule has 0 fully saturated rings. The predicted octanol–water partition coefficient (Wildman–Crippen LogP) is 4.04. The van der Waals surface area contributed by atoms with Crippen molar-refractivity contribution in [3.05, 3.63) is 65.0 Å². The summed E-state index contributed by atoms with van der Waals surface area (Å²) in [4.78, 5) is 16.3. The third kappa shape index (κ3) is 5.56. The highest BCUT2D eigenvalue weighted by Gasteiger charge is 2.10. The maximum atomic E-state index is 11.9. The molecule has 0 radical (unpaired) electrons. The molecule has 0 aliphatic carbocycles. The third-order valence-electron chi connectivity index (χ3n) is 4.01. The van der Waals surface area contributed by atoms with Crippen molar-refractivity contribution in [3.8, 4) is 17.1 Å². The number of aryl methyl sites for hydroxylation is 1. The van der Waals surface area contributed by atoms with Gasteiger partial charge in [-0.3, -0.25) is 4.79 Å². The maximum absolute atomic E-state index is 11.9. The van der Waals surface area contributed by atoms with Gasteiger partial charge in [-0.2, -0.15) is 4.98 Å². The van der Waals surface area contributed by atoms with Gasteiger partial charge >= 0.3 is 0 Å². The van der Waals surface area contributed by atoms with Crippen LogP contribution in [0.4, 0.5) is 0 Å². The van der Waals surface area contributed by atoms with Crippen LogP contribution in [0.25, 0.3) is 11.4 Å². The number of hydrogen-bond donors (Lipinski definition) is 1. The van der Waals surface area contributed by atoms with E-state index in [1.54, 1.807) is 19.2 Å². The van der Waals surface area contributed by atoms with Crippen LogP contribution in [0.5, 0.6) is 5.75 Å². The first-order chi connectivity index (χ1) is 13.1. The first-order valence-electron chi connectivity index (χ1n) is 8.62. The van der Waals surface area contributed by atoms with Crippen molar-refractivity contribution in [2.24, 2.45) is 0 Å². The molecule has 0 atom stereocenters. The van der Waals surface area contributed by atoms with Crippen molar-refractivity contribution < 1.29 is 14.1 Å². The highest BCUT2D eigenvalue weighted by molar-refractivity contribution is 6.30. The van der Waals surface area contributed by atoms with Gasteiger partial charge in [0.15, 0.2) is 0 Å². The van der Waals surface area contributed by atoms with Gasteiger partial charge in [-0.15, -0.1) is 0 Å². The number of carbonyl (C=O) groups excluding carboxylic acids is 1. The van der Waals surface area contributed by atoms with Crippen molar-refractivity contribution in [2.75, 3.05) is 7.11 Å². The van der Waals surface area contributed by atoms with Crippen LogP contribution in [-0.4, -0.2) is 23.2 Å². The van der Waals surface area contributed by atoms with Gasteiger partial charge in [-0.25, -0.2) is 0 Å². The highest BCUT2D eigenvalue weighted by atomic mass is 35.5. The van der Waals surface area contributed by atoms with Gasteiger partial charge in [0, 0.05) is 30.0 Å². The van der Waals surface area contributed by atoms with Crippen molar-refractivity contribution >= 4 is 17.5 Å². The van der Waals surface area contributed by atoms with E-state index in [2.05, 4.69) is 15.5 Å². The number of carbonyl (C=O) groups is 1. The van der Waals surface area contributed by atoms with Crippen LogP contribution in [0, 0.1) is 0 Å². The van der Waals surface area contributed by atoms with Crippen molar-refractivity contribution in [2.45, 2.75) is 25.8 Å². The van der Waals surface area contributed by atoms with E-state index >= 15 is 0 Å². The quantitative estimate of drug-likeness (QED) is 0.633. The lowest BCUT2D eigenvalue weighted by Crippen LogP contribution is -2.22. The normalized spacial score (nSPS) is 10.6. The minimum atomic E-state index is -0.0140. The number of ether oxygens (including phenoxy) is 1. The number of nitrogens with zero attached hydrogens (tertiary/aromatic N) is 2. The molecule has 0 saturated heterocycles. The maximum Gasteiger partial charge on any atom is 0.226 e. The molecule has 0 unspecified atom stereocenters. The van der Waals surface area contributed by atoms with Crippen molar-refractivity contribution in [1.82, 2.24) is 15.5 Å². The third-order valence-corrected chi connectivity index (χ3v) is 4.27. The van der Waals surface area contributed by atoms with Crippen LogP contribution in [0.15, 0.2) is 53.1 Å². The summed E-state index contributed by atoms with van der Waals surface area (Å²) in [5.74, 6) is 1.80. The topological polar surface area (TPSA) is 77.2 Å². The molecule has 3 aromatic rings. The minimum Gasteiger partial charge on any atom is -0.497 e. The predicted molar refractivity (Wildman–Crippen MR) is 103 cm³/mol. The SMILES string of the molecule is COc1ccc(-c2noc(CCCC(=O)NCc3ccc(Cl)cc3)n2)cc1. The fraction of sp³-hybridized carbons (Fsp3) is 0.250. The van der Waals surface area contributed by atoms with E-state index in [1.807, 2.05) is 36.4 Å². The lowest BCUT2D eigenvalue weighted by molar-refractivity contribution is -0.121. The summed E-state index contributed by atoms with van der Waals surface area (Å²) in [6.45, 7) is 0.484. The smallest absolute Gasteiger partial charge is 0.226 e. The number of benzene rings is 2. The molecule has 0 bridgehead atoms. The Bertz CT molecular complexity index is 876. The number of amides is 1. The van der Waals surface area contributed by atoms with Gasteiger partial charge in [0.2, 0.25) is 17.6 Å². The summed E-state index contributed by atoms with van der Waals surface area (Å²) in [5.41, 5.74) is 1.86. The van der Waals surface area contributed by atoms with Gasteiger partial charge in [0.25, 0.3) is 0 Å². The largest absolute Gasteiger partial charge is 0.497 e. The Labute approximate surface area is 162 Å². The first kappa shape index (κ1) is 18.9. The fourth-order valence-corrected chi connectivity index (χ4v) is 2.63. The summed E-state index contributed by atoms with van der Waals surface area (Å²) < 4.78 is 10.4. The lowest BCUT2D eigenvalue weighted by Gasteiger charge is -2.04. The van der Waals surface area contributed by atoms with Crippen LogP contribution < -0.4 is 10.1 Å². The molecule has 0 aliphatic rings. The molecule has 3 rings (SSSR count). The van der Waals surface area contributed by atoms with Crippen molar-refractivity contribution in [1.29, 1.82) is 0 Å². The monoisotopic (exact) mass is 385 g/mol. The first-order valence-corrected chi connectivity index (χ1v) is 9.00. The zero-order valence-electron chi connectivity index (χ0n) is 14.9. The van der Waals surface area contributed by atoms with E-state index in [4.69, 9.17) is 20.9 Å². The molecular formula is C20H20ClN3O3. The van der Waals surface area contributed by atoms with Crippen LogP contribution >= 0.6 is 11.6 Å². The van der Waals surface area contributed by atoms with E-state index in [0.29, 0.717) is 42.5 Å². The van der Waals surface area contributed by atoms with Gasteiger partial charge in [0.05, 0.1) is 7.11 Å². The molecule has 140 valence electrons. The van der Waals surface area contributed by atoms with E-state index in [0.717, 1.165) is 16.9 Å². The fourth-order valence-electron chi connectivity index (χ4n) is 2.51. The second-order valence-corrected chi connectivity index (χ2v) is 6.43. The van der Waals surface area contributed by atoms with E-state index < -0.39 is 0 Å². The molecule has 0 saturated carbocycles. The van der Waals surface area contributed by atoms with Crippen LogP contribution in [0.3, 0.4) is 0 Å². The molecule has 2 aromatic carbocycles. The summed E-state index contributed by atoms with van der Waals surface area (Å²) in [6, 6.07) is 14.8. The van der Waals surface area contributed by atoms with Gasteiger partial charge in [0.1, 0.15) is 5.75 Å². The number of methoxy groups -OCH3 is 1. The Balaban J connectivity index is 1.43. The molecule has 1 heterocycles. The van der Waals surface area contributed by atoms with Gasteiger partial charge < -0.3 is 14.6 Å². The lowest BCUT2D eigenvalue weighted by atomic mass is 10.2. The summed E-state index contributed by atoms with van der Waals surface area (Å²) in [5, 5.41) is 7.55. The molecule has 7 heteroatoms. The molecule has 6 nitrogen and oxygen atoms in total. The van der Waals surface area contributed by atoms with E-state index in [9.17, 15) is 4.79 Å². The molecule has 27 heavy (non-hydrogen) atoms. The number of halogens is 1. The Hall–Kier alpha value is -2.86. The van der Waals surface area contributed by atoms with Crippen LogP contribution in [0.1, 0.15) is 24.3 Å². The van der Waals surface area contributed by atoms with Gasteiger partial charge in [-0.1, -0.05) is 28.9 Å².